The molecule has 11 aromatic rings. The van der Waals surface area contributed by atoms with Crippen LogP contribution in [-0.4, -0.2) is 19.5 Å². The number of fused-ring (bicyclic) bond motifs is 6. The van der Waals surface area contributed by atoms with Gasteiger partial charge < -0.3 is 8.98 Å². The number of allylic oxidation sites excluding steroid dienone is 5. The van der Waals surface area contributed by atoms with E-state index in [1.807, 2.05) is 36.4 Å². The fraction of sp³-hybridized carbons (Fsp3) is 0.0172. The molecule has 0 aliphatic rings. The Kier molecular flexibility index (Phi) is 9.48. The van der Waals surface area contributed by atoms with Gasteiger partial charge in [-0.05, 0) is 82.8 Å². The number of rotatable bonds is 9. The van der Waals surface area contributed by atoms with Gasteiger partial charge in [-0.3, -0.25) is 0 Å². The molecule has 63 heavy (non-hydrogen) atoms. The van der Waals surface area contributed by atoms with Crippen LogP contribution in [0.25, 0.3) is 106 Å². The van der Waals surface area contributed by atoms with Crippen molar-refractivity contribution in [3.63, 3.8) is 0 Å². The molecule has 0 saturated heterocycles. The Hall–Kier alpha value is -8.41. The van der Waals surface area contributed by atoms with Crippen molar-refractivity contribution in [2.45, 2.75) is 6.92 Å². The molecule has 0 radical (unpaired) electrons. The SMILES string of the molecule is C=C/C(=C\C=C(/C)c1ccccc1)c1nc(-c2ccc(-c3ccccc3)cc2)nc(-c2ccc3c(c2)oc2ccc(-n4c5ccccc5c5ccc(-c6ccccc6)cc54)cc23)n1. The lowest BCUT2D eigenvalue weighted by atomic mass is 10.0. The van der Waals surface area contributed by atoms with Crippen LogP contribution in [0.3, 0.4) is 0 Å². The lowest BCUT2D eigenvalue weighted by Gasteiger charge is -2.10. The first-order chi connectivity index (χ1) is 31.1. The minimum Gasteiger partial charge on any atom is -0.456 e. The number of benzene rings is 8. The first kappa shape index (κ1) is 37.6. The van der Waals surface area contributed by atoms with Gasteiger partial charge >= 0.3 is 0 Å². The molecule has 5 heteroatoms. The lowest BCUT2D eigenvalue weighted by molar-refractivity contribution is 0.669. The van der Waals surface area contributed by atoms with E-state index in [1.54, 1.807) is 6.08 Å². The van der Waals surface area contributed by atoms with E-state index in [9.17, 15) is 0 Å². The van der Waals surface area contributed by atoms with E-state index in [-0.39, 0.29) is 0 Å². The fourth-order valence-electron chi connectivity index (χ4n) is 8.55. The van der Waals surface area contributed by atoms with Gasteiger partial charge in [0, 0.05) is 43.9 Å². The topological polar surface area (TPSA) is 56.7 Å². The van der Waals surface area contributed by atoms with Crippen LogP contribution < -0.4 is 0 Å². The minimum atomic E-state index is 0.533. The van der Waals surface area contributed by atoms with Crippen molar-refractivity contribution >= 4 is 54.9 Å². The van der Waals surface area contributed by atoms with Crippen molar-refractivity contribution in [3.05, 3.63) is 230 Å². The van der Waals surface area contributed by atoms with Gasteiger partial charge in [0.15, 0.2) is 17.5 Å². The maximum absolute atomic E-state index is 6.60. The second-order valence-electron chi connectivity index (χ2n) is 15.7. The third kappa shape index (κ3) is 7.02. The van der Waals surface area contributed by atoms with Crippen molar-refractivity contribution in [1.29, 1.82) is 0 Å². The number of hydrogen-bond donors (Lipinski definition) is 0. The van der Waals surface area contributed by atoms with Crippen molar-refractivity contribution in [1.82, 2.24) is 19.5 Å². The Bertz CT molecular complexity index is 3560. The van der Waals surface area contributed by atoms with E-state index in [0.29, 0.717) is 17.5 Å². The normalized spacial score (nSPS) is 12.1. The molecule has 0 bridgehead atoms. The highest BCUT2D eigenvalue weighted by Gasteiger charge is 2.18. The average Bonchev–Trinajstić information content (AvgIpc) is 3.89. The maximum atomic E-state index is 6.60. The highest BCUT2D eigenvalue weighted by Crippen LogP contribution is 2.38. The second kappa shape index (κ2) is 15.9. The summed E-state index contributed by atoms with van der Waals surface area (Å²) in [6.45, 7) is 6.26. The molecule has 298 valence electrons. The highest BCUT2D eigenvalue weighted by atomic mass is 16.3. The summed E-state index contributed by atoms with van der Waals surface area (Å²) in [7, 11) is 0. The zero-order valence-electron chi connectivity index (χ0n) is 34.6. The predicted molar refractivity (Wildman–Crippen MR) is 261 cm³/mol. The van der Waals surface area contributed by atoms with Crippen molar-refractivity contribution in [3.8, 4) is 50.7 Å². The average molecular weight is 809 g/mol. The van der Waals surface area contributed by atoms with E-state index < -0.39 is 0 Å². The highest BCUT2D eigenvalue weighted by molar-refractivity contribution is 6.11. The lowest BCUT2D eigenvalue weighted by Crippen LogP contribution is -2.02. The predicted octanol–water partition coefficient (Wildman–Crippen LogP) is 15.2. The molecule has 3 heterocycles. The summed E-state index contributed by atoms with van der Waals surface area (Å²) in [5, 5.41) is 4.48. The van der Waals surface area contributed by atoms with E-state index in [2.05, 4.69) is 188 Å². The van der Waals surface area contributed by atoms with Crippen LogP contribution in [0.5, 0.6) is 0 Å². The Labute approximate surface area is 365 Å². The minimum absolute atomic E-state index is 0.533. The molecule has 0 unspecified atom stereocenters. The van der Waals surface area contributed by atoms with Crippen LogP contribution >= 0.6 is 0 Å². The number of para-hydroxylation sites is 1. The number of nitrogens with zero attached hydrogens (tertiary/aromatic N) is 4. The summed E-state index contributed by atoms with van der Waals surface area (Å²) < 4.78 is 8.97. The molecule has 3 aromatic heterocycles. The quantitative estimate of drug-likeness (QED) is 0.136. The molecule has 11 rings (SSSR count). The fourth-order valence-corrected chi connectivity index (χ4v) is 8.55. The van der Waals surface area contributed by atoms with Crippen molar-refractivity contribution in [2.75, 3.05) is 0 Å². The van der Waals surface area contributed by atoms with Gasteiger partial charge in [-0.2, -0.15) is 0 Å². The van der Waals surface area contributed by atoms with E-state index in [4.69, 9.17) is 19.4 Å². The summed E-state index contributed by atoms with van der Waals surface area (Å²) in [6, 6.07) is 67.7. The van der Waals surface area contributed by atoms with Gasteiger partial charge in [0.2, 0.25) is 0 Å². The zero-order valence-corrected chi connectivity index (χ0v) is 34.6. The van der Waals surface area contributed by atoms with Gasteiger partial charge in [-0.15, -0.1) is 0 Å². The van der Waals surface area contributed by atoms with Gasteiger partial charge in [-0.1, -0.05) is 176 Å². The largest absolute Gasteiger partial charge is 0.456 e. The molecule has 0 saturated carbocycles. The van der Waals surface area contributed by atoms with Gasteiger partial charge in [0.05, 0.1) is 11.0 Å². The van der Waals surface area contributed by atoms with E-state index >= 15 is 0 Å². The molecule has 0 aliphatic heterocycles. The van der Waals surface area contributed by atoms with Crippen molar-refractivity contribution in [2.24, 2.45) is 0 Å². The molecule has 0 amide bonds. The number of furan rings is 1. The summed E-state index contributed by atoms with van der Waals surface area (Å²) in [5.41, 5.74) is 14.3. The summed E-state index contributed by atoms with van der Waals surface area (Å²) in [4.78, 5) is 15.2. The van der Waals surface area contributed by atoms with Crippen LogP contribution in [0.15, 0.2) is 223 Å². The van der Waals surface area contributed by atoms with E-state index in [1.165, 1.54) is 21.9 Å². The summed E-state index contributed by atoms with van der Waals surface area (Å²) >= 11 is 0. The van der Waals surface area contributed by atoms with Gasteiger partial charge in [0.25, 0.3) is 0 Å². The van der Waals surface area contributed by atoms with Gasteiger partial charge in [-0.25, -0.2) is 15.0 Å². The number of aromatic nitrogens is 4. The third-order valence-corrected chi connectivity index (χ3v) is 11.9. The maximum Gasteiger partial charge on any atom is 0.164 e. The van der Waals surface area contributed by atoms with Crippen LogP contribution in [0, 0.1) is 0 Å². The van der Waals surface area contributed by atoms with Crippen molar-refractivity contribution < 1.29 is 4.42 Å². The van der Waals surface area contributed by atoms with Crippen LogP contribution in [0.1, 0.15) is 18.3 Å². The molecule has 0 spiro atoms. The van der Waals surface area contributed by atoms with E-state index in [0.717, 1.165) is 77.6 Å². The molecule has 0 aliphatic carbocycles. The summed E-state index contributed by atoms with van der Waals surface area (Å²) in [6.07, 6.45) is 5.91. The zero-order chi connectivity index (χ0) is 42.3. The summed E-state index contributed by atoms with van der Waals surface area (Å²) in [5.74, 6) is 1.65. The Balaban J connectivity index is 1.02. The standard InChI is InChI=1S/C58H40N4O/c1-3-39(24-23-38(2)40-15-7-4-8-16-40)56-59-57(44-27-25-43(26-28-44)41-17-9-5-10-18-41)61-58(60-56)46-30-33-50-51-37-47(31-34-54(51)63-55(50)36-46)62-52-22-14-13-21-48(52)49-32-29-45(35-53(49)62)42-19-11-6-12-20-42/h3-37H,1H2,2H3/b38-23+,39-24+. The molecule has 0 fully saturated rings. The molecular formula is C58H40N4O. The molecule has 0 N–H and O–H groups in total. The molecule has 8 aromatic carbocycles. The Morgan fingerprint density at radius 3 is 1.79 bits per heavy atom. The Morgan fingerprint density at radius 1 is 0.460 bits per heavy atom. The van der Waals surface area contributed by atoms with Crippen LogP contribution in [-0.2, 0) is 0 Å². The first-order valence-corrected chi connectivity index (χ1v) is 21.1. The van der Waals surface area contributed by atoms with Crippen LogP contribution in [0.2, 0.25) is 0 Å². The second-order valence-corrected chi connectivity index (χ2v) is 15.7. The molecule has 5 nitrogen and oxygen atoms in total. The molecule has 0 atom stereocenters. The Morgan fingerprint density at radius 2 is 1.05 bits per heavy atom. The first-order valence-electron chi connectivity index (χ1n) is 21.1. The van der Waals surface area contributed by atoms with Gasteiger partial charge in [0.1, 0.15) is 11.2 Å². The number of hydrogen-bond acceptors (Lipinski definition) is 4. The van der Waals surface area contributed by atoms with Crippen LogP contribution in [0.4, 0.5) is 0 Å². The third-order valence-electron chi connectivity index (χ3n) is 11.9. The monoisotopic (exact) mass is 808 g/mol. The molecular weight excluding hydrogens is 769 g/mol. The smallest absolute Gasteiger partial charge is 0.164 e.